The van der Waals surface area contributed by atoms with E-state index in [2.05, 4.69) is 5.32 Å². The summed E-state index contributed by atoms with van der Waals surface area (Å²) < 4.78 is 17.3. The Hall–Kier alpha value is -1.43. The smallest absolute Gasteiger partial charge is 0.217 e. The Bertz CT molecular complexity index is 464. The molecule has 2 heterocycles. The molecular weight excluding hydrogens is 258 g/mol. The normalized spacial score (nSPS) is 32.0. The van der Waals surface area contributed by atoms with Crippen LogP contribution in [0.5, 0.6) is 0 Å². The van der Waals surface area contributed by atoms with Crippen LogP contribution in [0.3, 0.4) is 0 Å². The minimum Gasteiger partial charge on any atom is -0.371 e. The van der Waals surface area contributed by atoms with Gasteiger partial charge in [-0.25, -0.2) is 0 Å². The fraction of sp³-hybridized carbons (Fsp3) is 0.533. The number of hydrogen-bond acceptors (Lipinski definition) is 4. The number of rotatable bonds is 4. The SMILES string of the molecule is CC(=O)N[C@@H]1C[C@H](OCc2ccccc2)[C@H]2CO[C@@H]1O2. The maximum atomic E-state index is 11.2. The molecule has 1 N–H and O–H groups in total. The van der Waals surface area contributed by atoms with E-state index in [-0.39, 0.29) is 30.4 Å². The monoisotopic (exact) mass is 277 g/mol. The number of ether oxygens (including phenoxy) is 3. The third-order valence-electron chi connectivity index (χ3n) is 3.66. The minimum absolute atomic E-state index is 0.0336. The summed E-state index contributed by atoms with van der Waals surface area (Å²) in [4.78, 5) is 11.2. The highest BCUT2D eigenvalue weighted by Crippen LogP contribution is 2.30. The van der Waals surface area contributed by atoms with Crippen LogP contribution in [0.4, 0.5) is 0 Å². The number of benzene rings is 1. The fourth-order valence-corrected chi connectivity index (χ4v) is 2.70. The maximum absolute atomic E-state index is 11.2. The van der Waals surface area contributed by atoms with Crippen molar-refractivity contribution in [3.63, 3.8) is 0 Å². The highest BCUT2D eigenvalue weighted by molar-refractivity contribution is 5.73. The fourth-order valence-electron chi connectivity index (χ4n) is 2.70. The van der Waals surface area contributed by atoms with E-state index >= 15 is 0 Å². The van der Waals surface area contributed by atoms with Gasteiger partial charge in [0.1, 0.15) is 6.10 Å². The number of carbonyl (C=O) groups excluding carboxylic acids is 1. The second kappa shape index (κ2) is 5.91. The number of fused-ring (bicyclic) bond motifs is 2. The van der Waals surface area contributed by atoms with Gasteiger partial charge in [-0.3, -0.25) is 4.79 Å². The Morgan fingerprint density at radius 1 is 1.40 bits per heavy atom. The molecule has 0 unspecified atom stereocenters. The summed E-state index contributed by atoms with van der Waals surface area (Å²) in [5, 5.41) is 2.87. The van der Waals surface area contributed by atoms with Crippen molar-refractivity contribution >= 4 is 5.91 Å². The van der Waals surface area contributed by atoms with Crippen LogP contribution in [0.25, 0.3) is 0 Å². The molecule has 0 spiro atoms. The molecule has 20 heavy (non-hydrogen) atoms. The average molecular weight is 277 g/mol. The summed E-state index contributed by atoms with van der Waals surface area (Å²) in [6.45, 7) is 2.57. The van der Waals surface area contributed by atoms with Crippen LogP contribution in [0, 0.1) is 0 Å². The Balaban J connectivity index is 1.59. The first-order valence-corrected chi connectivity index (χ1v) is 6.92. The highest BCUT2D eigenvalue weighted by atomic mass is 16.7. The van der Waals surface area contributed by atoms with Crippen molar-refractivity contribution in [1.29, 1.82) is 0 Å². The van der Waals surface area contributed by atoms with E-state index in [0.717, 1.165) is 12.0 Å². The van der Waals surface area contributed by atoms with Crippen LogP contribution in [-0.4, -0.2) is 37.1 Å². The van der Waals surface area contributed by atoms with Gasteiger partial charge in [0.15, 0.2) is 6.29 Å². The second-order valence-corrected chi connectivity index (χ2v) is 5.25. The molecule has 2 aliphatic rings. The zero-order valence-electron chi connectivity index (χ0n) is 11.5. The summed E-state index contributed by atoms with van der Waals surface area (Å²) in [5.41, 5.74) is 1.13. The molecule has 1 aromatic carbocycles. The lowest BCUT2D eigenvalue weighted by Crippen LogP contribution is -2.51. The molecule has 4 atom stereocenters. The quantitative estimate of drug-likeness (QED) is 0.899. The van der Waals surface area contributed by atoms with Gasteiger partial charge in [0, 0.05) is 13.3 Å². The van der Waals surface area contributed by atoms with E-state index in [1.165, 1.54) is 6.92 Å². The highest BCUT2D eigenvalue weighted by Gasteiger charge is 2.44. The van der Waals surface area contributed by atoms with Gasteiger partial charge in [-0.2, -0.15) is 0 Å². The third kappa shape index (κ3) is 3.00. The predicted octanol–water partition coefficient (Wildman–Crippen LogP) is 1.22. The van der Waals surface area contributed by atoms with Crippen molar-refractivity contribution in [2.45, 2.75) is 44.5 Å². The number of hydrogen-bond donors (Lipinski definition) is 1. The lowest BCUT2D eigenvalue weighted by atomic mass is 10.0. The zero-order chi connectivity index (χ0) is 13.9. The van der Waals surface area contributed by atoms with Gasteiger partial charge in [-0.15, -0.1) is 0 Å². The Kier molecular flexibility index (Phi) is 4.00. The van der Waals surface area contributed by atoms with Crippen LogP contribution < -0.4 is 5.32 Å². The van der Waals surface area contributed by atoms with E-state index in [4.69, 9.17) is 14.2 Å². The van der Waals surface area contributed by atoms with Gasteiger partial charge in [-0.1, -0.05) is 30.3 Å². The molecule has 3 rings (SSSR count). The van der Waals surface area contributed by atoms with Crippen molar-refractivity contribution in [2.75, 3.05) is 6.61 Å². The average Bonchev–Trinajstić information content (AvgIpc) is 2.87. The molecule has 2 fully saturated rings. The van der Waals surface area contributed by atoms with Crippen molar-refractivity contribution in [3.8, 4) is 0 Å². The van der Waals surface area contributed by atoms with E-state index < -0.39 is 0 Å². The molecule has 1 amide bonds. The molecule has 5 nitrogen and oxygen atoms in total. The lowest BCUT2D eigenvalue weighted by Gasteiger charge is -2.33. The van der Waals surface area contributed by atoms with Crippen molar-refractivity contribution in [3.05, 3.63) is 35.9 Å². The summed E-state index contributed by atoms with van der Waals surface area (Å²) in [5.74, 6) is -0.0747. The summed E-state index contributed by atoms with van der Waals surface area (Å²) >= 11 is 0. The molecule has 0 aromatic heterocycles. The predicted molar refractivity (Wildman–Crippen MR) is 71.9 cm³/mol. The number of nitrogens with one attached hydrogen (secondary N) is 1. The van der Waals surface area contributed by atoms with Crippen LogP contribution >= 0.6 is 0 Å². The van der Waals surface area contributed by atoms with Gasteiger partial charge < -0.3 is 19.5 Å². The molecule has 2 saturated heterocycles. The molecule has 2 bridgehead atoms. The number of amides is 1. The van der Waals surface area contributed by atoms with Crippen molar-refractivity contribution < 1.29 is 19.0 Å². The Morgan fingerprint density at radius 3 is 2.95 bits per heavy atom. The molecule has 1 aromatic rings. The van der Waals surface area contributed by atoms with Gasteiger partial charge in [0.25, 0.3) is 0 Å². The molecule has 5 heteroatoms. The molecule has 0 saturated carbocycles. The van der Waals surface area contributed by atoms with Gasteiger partial charge >= 0.3 is 0 Å². The minimum atomic E-state index is -0.333. The van der Waals surface area contributed by atoms with Crippen LogP contribution in [0.2, 0.25) is 0 Å². The lowest BCUT2D eigenvalue weighted by molar-refractivity contribution is -0.158. The largest absolute Gasteiger partial charge is 0.371 e. The molecule has 0 aliphatic carbocycles. The van der Waals surface area contributed by atoms with E-state index in [1.54, 1.807) is 0 Å². The van der Waals surface area contributed by atoms with Crippen molar-refractivity contribution in [2.24, 2.45) is 0 Å². The molecular formula is C15H19NO4. The van der Waals surface area contributed by atoms with E-state index in [9.17, 15) is 4.79 Å². The first-order valence-electron chi connectivity index (χ1n) is 6.92. The summed E-state index contributed by atoms with van der Waals surface area (Å²) in [7, 11) is 0. The molecule has 108 valence electrons. The first kappa shape index (κ1) is 13.5. The van der Waals surface area contributed by atoms with E-state index in [0.29, 0.717) is 13.2 Å². The summed E-state index contributed by atoms with van der Waals surface area (Å²) in [6.07, 6.45) is 0.307. The second-order valence-electron chi connectivity index (χ2n) is 5.25. The van der Waals surface area contributed by atoms with E-state index in [1.807, 2.05) is 30.3 Å². The van der Waals surface area contributed by atoms with Gasteiger partial charge in [0.2, 0.25) is 5.91 Å². The maximum Gasteiger partial charge on any atom is 0.217 e. The zero-order valence-corrected chi connectivity index (χ0v) is 11.5. The van der Waals surface area contributed by atoms with Crippen LogP contribution in [0.15, 0.2) is 30.3 Å². The van der Waals surface area contributed by atoms with Crippen LogP contribution in [-0.2, 0) is 25.6 Å². The topological polar surface area (TPSA) is 56.8 Å². The van der Waals surface area contributed by atoms with Crippen LogP contribution in [0.1, 0.15) is 18.9 Å². The summed E-state index contributed by atoms with van der Waals surface area (Å²) in [6, 6.07) is 9.89. The Morgan fingerprint density at radius 2 is 2.20 bits per heavy atom. The molecule has 0 radical (unpaired) electrons. The standard InChI is InChI=1S/C15H19NO4/c1-10(17)16-12-7-13(14-9-19-15(12)20-14)18-8-11-5-3-2-4-6-11/h2-6,12-15H,7-9H2,1H3,(H,16,17)/t12-,13+,14-,15-/m1/s1. The van der Waals surface area contributed by atoms with Gasteiger partial charge in [0.05, 0.1) is 25.4 Å². The molecule has 2 aliphatic heterocycles. The van der Waals surface area contributed by atoms with Gasteiger partial charge in [-0.05, 0) is 5.56 Å². The van der Waals surface area contributed by atoms with Crippen molar-refractivity contribution in [1.82, 2.24) is 5.32 Å². The third-order valence-corrected chi connectivity index (χ3v) is 3.66. The Labute approximate surface area is 118 Å². The number of carbonyl (C=O) groups is 1. The first-order chi connectivity index (χ1) is 9.72.